The van der Waals surface area contributed by atoms with Gasteiger partial charge < -0.3 is 20.5 Å². The first-order valence-electron chi connectivity index (χ1n) is 10.2. The number of benzene rings is 1. The number of thiophene rings is 1. The van der Waals surface area contributed by atoms with Crippen LogP contribution in [0.5, 0.6) is 0 Å². The lowest BCUT2D eigenvalue weighted by atomic mass is 9.98. The average Bonchev–Trinajstić information content (AvgIpc) is 3.25. The van der Waals surface area contributed by atoms with Crippen LogP contribution in [0.4, 0.5) is 0 Å². The molecule has 2 aromatic rings. The molecule has 0 fully saturated rings. The Kier molecular flexibility index (Phi) is 9.90. The van der Waals surface area contributed by atoms with Crippen LogP contribution in [-0.2, 0) is 25.6 Å². The minimum absolute atomic E-state index is 0.0376. The van der Waals surface area contributed by atoms with Gasteiger partial charge in [0.05, 0.1) is 24.8 Å². The van der Waals surface area contributed by atoms with E-state index in [1.54, 1.807) is 0 Å². The van der Waals surface area contributed by atoms with Crippen LogP contribution in [-0.4, -0.2) is 41.8 Å². The Morgan fingerprint density at radius 2 is 1.90 bits per heavy atom. The number of rotatable bonds is 13. The van der Waals surface area contributed by atoms with Gasteiger partial charge in [-0.25, -0.2) is 0 Å². The highest BCUT2D eigenvalue weighted by atomic mass is 32.1. The Hall–Kier alpha value is -3.00. The fourth-order valence-electron chi connectivity index (χ4n) is 3.24. The maximum absolute atomic E-state index is 12.7. The van der Waals surface area contributed by atoms with E-state index in [9.17, 15) is 19.2 Å². The third-order valence-electron chi connectivity index (χ3n) is 4.94. The van der Waals surface area contributed by atoms with Crippen LogP contribution in [0.3, 0.4) is 0 Å². The minimum atomic E-state index is -1.15. The summed E-state index contributed by atoms with van der Waals surface area (Å²) < 4.78 is 0. The summed E-state index contributed by atoms with van der Waals surface area (Å²) in [6.45, 7) is 2.49. The van der Waals surface area contributed by atoms with Crippen LogP contribution >= 0.6 is 11.3 Å². The maximum atomic E-state index is 12.7. The molecule has 8 heteroatoms. The van der Waals surface area contributed by atoms with Gasteiger partial charge in [-0.15, -0.1) is 11.3 Å². The molecule has 0 aliphatic carbocycles. The molecule has 1 aromatic carbocycles. The Balaban J connectivity index is 1.81. The van der Waals surface area contributed by atoms with E-state index < -0.39 is 24.3 Å². The molecule has 0 bridgehead atoms. The minimum Gasteiger partial charge on any atom is -0.481 e. The summed E-state index contributed by atoms with van der Waals surface area (Å²) in [5.74, 6) is -2.00. The van der Waals surface area contributed by atoms with E-state index in [1.807, 2.05) is 48.7 Å². The number of carboxylic acid groups (broad SMARTS) is 1. The van der Waals surface area contributed by atoms with Gasteiger partial charge >= 0.3 is 5.97 Å². The molecule has 2 amide bonds. The van der Waals surface area contributed by atoms with Gasteiger partial charge in [-0.3, -0.25) is 14.4 Å². The third-order valence-corrected chi connectivity index (χ3v) is 5.93. The van der Waals surface area contributed by atoms with Gasteiger partial charge in [0.25, 0.3) is 0 Å². The van der Waals surface area contributed by atoms with Crippen molar-refractivity contribution < 1.29 is 24.3 Å². The van der Waals surface area contributed by atoms with Crippen LogP contribution in [0.25, 0.3) is 0 Å². The van der Waals surface area contributed by atoms with Gasteiger partial charge in [-0.1, -0.05) is 36.8 Å². The van der Waals surface area contributed by atoms with E-state index >= 15 is 0 Å². The highest BCUT2D eigenvalue weighted by Crippen LogP contribution is 2.26. The molecule has 0 saturated heterocycles. The molecule has 2 unspecified atom stereocenters. The molecule has 2 atom stereocenters. The van der Waals surface area contributed by atoms with Crippen LogP contribution in [0, 0.1) is 6.92 Å². The van der Waals surface area contributed by atoms with Crippen LogP contribution in [0.2, 0.25) is 0 Å². The Bertz CT molecular complexity index is 882. The van der Waals surface area contributed by atoms with Crippen molar-refractivity contribution in [3.63, 3.8) is 0 Å². The first-order valence-corrected chi connectivity index (χ1v) is 11.1. The number of aryl methyl sites for hydroxylation is 1. The molecule has 166 valence electrons. The Labute approximate surface area is 185 Å². The lowest BCUT2D eigenvalue weighted by Gasteiger charge is -2.18. The number of unbranched alkanes of at least 4 members (excludes halogenated alkanes) is 1. The molecule has 1 heterocycles. The number of aldehydes is 1. The largest absolute Gasteiger partial charge is 0.481 e. The molecular weight excluding hydrogens is 416 g/mol. The summed E-state index contributed by atoms with van der Waals surface area (Å²) in [6, 6.07) is 10.4. The van der Waals surface area contributed by atoms with E-state index in [1.165, 1.54) is 11.3 Å². The fourth-order valence-corrected chi connectivity index (χ4v) is 4.10. The first-order chi connectivity index (χ1) is 14.9. The molecule has 31 heavy (non-hydrogen) atoms. The van der Waals surface area contributed by atoms with Gasteiger partial charge in [0, 0.05) is 11.4 Å². The molecule has 0 aliphatic heterocycles. The number of carbonyl (C=O) groups excluding carboxylic acids is 3. The first kappa shape index (κ1) is 24.3. The normalized spacial score (nSPS) is 12.5. The third kappa shape index (κ3) is 8.33. The van der Waals surface area contributed by atoms with Crippen molar-refractivity contribution in [3.8, 4) is 0 Å². The van der Waals surface area contributed by atoms with Crippen molar-refractivity contribution >= 4 is 35.4 Å². The second kappa shape index (κ2) is 12.6. The van der Waals surface area contributed by atoms with Crippen LogP contribution < -0.4 is 10.6 Å². The zero-order valence-electron chi connectivity index (χ0n) is 17.5. The SMILES string of the molecule is Cc1ccccc1CC(=O)NCCCCC(C(=O)NC(C=O)CC(=O)O)c1cccs1. The summed E-state index contributed by atoms with van der Waals surface area (Å²) in [4.78, 5) is 47.6. The van der Waals surface area contributed by atoms with Crippen molar-refractivity contribution in [1.82, 2.24) is 10.6 Å². The van der Waals surface area contributed by atoms with Crippen LogP contribution in [0.15, 0.2) is 41.8 Å². The highest BCUT2D eigenvalue weighted by molar-refractivity contribution is 7.10. The summed E-state index contributed by atoms with van der Waals surface area (Å²) in [6.07, 6.45) is 2.29. The summed E-state index contributed by atoms with van der Waals surface area (Å²) in [5, 5.41) is 16.2. The van der Waals surface area contributed by atoms with Gasteiger partial charge in [0.15, 0.2) is 0 Å². The second-order valence-corrected chi connectivity index (χ2v) is 8.35. The number of amides is 2. The van der Waals surface area contributed by atoms with Gasteiger partial charge in [-0.2, -0.15) is 0 Å². The summed E-state index contributed by atoms with van der Waals surface area (Å²) >= 11 is 1.44. The number of carboxylic acids is 1. The van der Waals surface area contributed by atoms with Crippen molar-refractivity contribution in [2.45, 2.75) is 51.0 Å². The van der Waals surface area contributed by atoms with Crippen molar-refractivity contribution in [1.29, 1.82) is 0 Å². The van der Waals surface area contributed by atoms with E-state index in [4.69, 9.17) is 5.11 Å². The number of hydrogen-bond donors (Lipinski definition) is 3. The topological polar surface area (TPSA) is 113 Å². The number of carbonyl (C=O) groups is 4. The van der Waals surface area contributed by atoms with Gasteiger partial charge in [0.1, 0.15) is 6.29 Å². The van der Waals surface area contributed by atoms with E-state index in [2.05, 4.69) is 10.6 Å². The smallest absolute Gasteiger partial charge is 0.305 e. The molecule has 1 aromatic heterocycles. The van der Waals surface area contributed by atoms with Crippen molar-refractivity contribution in [2.75, 3.05) is 6.54 Å². The lowest BCUT2D eigenvalue weighted by Crippen LogP contribution is -2.40. The van der Waals surface area contributed by atoms with E-state index in [-0.39, 0.29) is 11.8 Å². The fraction of sp³-hybridized carbons (Fsp3) is 0.391. The van der Waals surface area contributed by atoms with Crippen molar-refractivity contribution in [3.05, 3.63) is 57.8 Å². The van der Waals surface area contributed by atoms with E-state index in [0.717, 1.165) is 16.0 Å². The van der Waals surface area contributed by atoms with E-state index in [0.29, 0.717) is 38.5 Å². The number of aliphatic carboxylic acids is 1. The zero-order chi connectivity index (χ0) is 22.6. The monoisotopic (exact) mass is 444 g/mol. The molecular formula is C23H28N2O5S. The zero-order valence-corrected chi connectivity index (χ0v) is 18.3. The Morgan fingerprint density at radius 1 is 1.13 bits per heavy atom. The molecule has 0 saturated carbocycles. The lowest BCUT2D eigenvalue weighted by molar-refractivity contribution is -0.139. The highest BCUT2D eigenvalue weighted by Gasteiger charge is 2.24. The van der Waals surface area contributed by atoms with Crippen molar-refractivity contribution in [2.24, 2.45) is 0 Å². The van der Waals surface area contributed by atoms with Gasteiger partial charge in [-0.05, 0) is 42.3 Å². The predicted molar refractivity (Wildman–Crippen MR) is 119 cm³/mol. The molecule has 0 aliphatic rings. The maximum Gasteiger partial charge on any atom is 0.305 e. The summed E-state index contributed by atoms with van der Waals surface area (Å²) in [5.41, 5.74) is 2.08. The average molecular weight is 445 g/mol. The molecule has 0 radical (unpaired) electrons. The number of hydrogen-bond acceptors (Lipinski definition) is 5. The van der Waals surface area contributed by atoms with Gasteiger partial charge in [0.2, 0.25) is 11.8 Å². The standard InChI is InChI=1S/C23H28N2O5S/c1-16-7-2-3-8-17(16)13-21(27)24-11-5-4-9-19(20-10-6-12-31-20)23(30)25-18(15-26)14-22(28)29/h2-3,6-8,10,12,15,18-19H,4-5,9,11,13-14H2,1H3,(H,24,27)(H,25,30)(H,28,29). The quantitative estimate of drug-likeness (QED) is 0.325. The second-order valence-electron chi connectivity index (χ2n) is 7.37. The summed E-state index contributed by atoms with van der Waals surface area (Å²) in [7, 11) is 0. The molecule has 0 spiro atoms. The molecule has 7 nitrogen and oxygen atoms in total. The molecule has 3 N–H and O–H groups in total. The Morgan fingerprint density at radius 3 is 2.55 bits per heavy atom. The van der Waals surface area contributed by atoms with Crippen LogP contribution in [0.1, 0.15) is 47.6 Å². The predicted octanol–water partition coefficient (Wildman–Crippen LogP) is 2.83. The molecule has 2 rings (SSSR count). The number of nitrogens with one attached hydrogen (secondary N) is 2.